The second-order valence-electron chi connectivity index (χ2n) is 4.54. The van der Waals surface area contributed by atoms with Crippen LogP contribution in [0.2, 0.25) is 0 Å². The van der Waals surface area contributed by atoms with Crippen molar-refractivity contribution in [2.75, 3.05) is 32.8 Å². The summed E-state index contributed by atoms with van der Waals surface area (Å²) >= 11 is 0. The average Bonchev–Trinajstić information content (AvgIpc) is 2.74. The van der Waals surface area contributed by atoms with Crippen LogP contribution in [0.15, 0.2) is 6.20 Å². The van der Waals surface area contributed by atoms with Gasteiger partial charge in [0.2, 0.25) is 0 Å². The van der Waals surface area contributed by atoms with Crippen LogP contribution in [0.4, 0.5) is 0 Å². The zero-order valence-corrected chi connectivity index (χ0v) is 10.6. The predicted octanol–water partition coefficient (Wildman–Crippen LogP) is -0.375. The highest BCUT2D eigenvalue weighted by Crippen LogP contribution is 1.99. The van der Waals surface area contributed by atoms with Crippen LogP contribution in [-0.4, -0.2) is 58.8 Å². The van der Waals surface area contributed by atoms with Gasteiger partial charge in [-0.3, -0.25) is 9.58 Å². The fourth-order valence-electron chi connectivity index (χ4n) is 1.99. The summed E-state index contributed by atoms with van der Waals surface area (Å²) in [6.45, 7) is 7.89. The van der Waals surface area contributed by atoms with Crippen molar-refractivity contribution in [3.8, 4) is 0 Å². The van der Waals surface area contributed by atoms with Gasteiger partial charge in [0.15, 0.2) is 0 Å². The van der Waals surface area contributed by atoms with Crippen molar-refractivity contribution in [3.05, 3.63) is 11.9 Å². The molecule has 1 N–H and O–H groups in total. The molecule has 1 fully saturated rings. The Balaban J connectivity index is 1.70. The lowest BCUT2D eigenvalue weighted by Crippen LogP contribution is -2.44. The van der Waals surface area contributed by atoms with Crippen molar-refractivity contribution in [3.63, 3.8) is 0 Å². The van der Waals surface area contributed by atoms with Gasteiger partial charge in [0.1, 0.15) is 0 Å². The molecule has 96 valence electrons. The SMILES string of the molecule is CC(CN1CCOCC1)NCc1cnnn1C. The van der Waals surface area contributed by atoms with E-state index in [9.17, 15) is 0 Å². The Kier molecular flexibility index (Phi) is 4.47. The number of morpholine rings is 1. The van der Waals surface area contributed by atoms with Gasteiger partial charge in [0, 0.05) is 39.3 Å². The lowest BCUT2D eigenvalue weighted by Gasteiger charge is -2.29. The van der Waals surface area contributed by atoms with Crippen molar-refractivity contribution in [1.82, 2.24) is 25.2 Å². The molecule has 1 aliphatic rings. The molecule has 1 saturated heterocycles. The summed E-state index contributed by atoms with van der Waals surface area (Å²) in [7, 11) is 1.91. The summed E-state index contributed by atoms with van der Waals surface area (Å²) in [6, 6.07) is 0.461. The number of rotatable bonds is 5. The maximum absolute atomic E-state index is 5.33. The molecule has 2 heterocycles. The number of hydrogen-bond donors (Lipinski definition) is 1. The van der Waals surface area contributed by atoms with E-state index in [2.05, 4.69) is 27.5 Å². The highest BCUT2D eigenvalue weighted by atomic mass is 16.5. The molecule has 1 aliphatic heterocycles. The molecule has 17 heavy (non-hydrogen) atoms. The Bertz CT molecular complexity index is 334. The second-order valence-corrected chi connectivity index (χ2v) is 4.54. The van der Waals surface area contributed by atoms with Gasteiger partial charge in [-0.1, -0.05) is 5.21 Å². The molecule has 1 aromatic rings. The Morgan fingerprint density at radius 2 is 2.24 bits per heavy atom. The first-order valence-corrected chi connectivity index (χ1v) is 6.13. The van der Waals surface area contributed by atoms with E-state index >= 15 is 0 Å². The molecule has 2 rings (SSSR count). The normalized spacial score (nSPS) is 19.4. The first kappa shape index (κ1) is 12.5. The average molecular weight is 239 g/mol. The van der Waals surface area contributed by atoms with Crippen LogP contribution in [-0.2, 0) is 18.3 Å². The molecule has 0 saturated carbocycles. The van der Waals surface area contributed by atoms with Gasteiger partial charge in [-0.25, -0.2) is 0 Å². The number of nitrogens with zero attached hydrogens (tertiary/aromatic N) is 4. The molecule has 1 atom stereocenters. The summed E-state index contributed by atoms with van der Waals surface area (Å²) in [5.74, 6) is 0. The van der Waals surface area contributed by atoms with Crippen LogP contribution < -0.4 is 5.32 Å². The highest BCUT2D eigenvalue weighted by Gasteiger charge is 2.13. The monoisotopic (exact) mass is 239 g/mol. The minimum absolute atomic E-state index is 0.461. The van der Waals surface area contributed by atoms with Gasteiger partial charge < -0.3 is 10.1 Å². The van der Waals surface area contributed by atoms with E-state index in [0.717, 1.165) is 45.1 Å². The smallest absolute Gasteiger partial charge is 0.0738 e. The molecule has 0 aliphatic carbocycles. The Hall–Kier alpha value is -0.980. The standard InChI is InChI=1S/C11H21N5O/c1-10(9-16-3-5-17-6-4-16)12-7-11-8-13-14-15(11)2/h8,10,12H,3-7,9H2,1-2H3. The van der Waals surface area contributed by atoms with Crippen LogP contribution in [0, 0.1) is 0 Å². The van der Waals surface area contributed by atoms with Crippen LogP contribution >= 0.6 is 0 Å². The quantitative estimate of drug-likeness (QED) is 0.759. The lowest BCUT2D eigenvalue weighted by atomic mass is 10.2. The summed E-state index contributed by atoms with van der Waals surface area (Å²) in [5.41, 5.74) is 1.11. The first-order valence-electron chi connectivity index (χ1n) is 6.13. The summed E-state index contributed by atoms with van der Waals surface area (Å²) in [6.07, 6.45) is 1.80. The van der Waals surface area contributed by atoms with E-state index in [-0.39, 0.29) is 0 Å². The minimum Gasteiger partial charge on any atom is -0.379 e. The van der Waals surface area contributed by atoms with Crippen LogP contribution in [0.25, 0.3) is 0 Å². The molecule has 6 nitrogen and oxygen atoms in total. The van der Waals surface area contributed by atoms with Crippen molar-refractivity contribution in [2.24, 2.45) is 7.05 Å². The number of ether oxygens (including phenoxy) is 1. The Labute approximate surface area is 102 Å². The molecule has 1 unspecified atom stereocenters. The Morgan fingerprint density at radius 1 is 1.47 bits per heavy atom. The predicted molar refractivity (Wildman–Crippen MR) is 64.6 cm³/mol. The van der Waals surface area contributed by atoms with Gasteiger partial charge in [-0.2, -0.15) is 0 Å². The number of aromatic nitrogens is 3. The summed E-state index contributed by atoms with van der Waals surface area (Å²) < 4.78 is 7.13. The molecule has 0 bridgehead atoms. The van der Waals surface area contributed by atoms with Crippen LogP contribution in [0.1, 0.15) is 12.6 Å². The van der Waals surface area contributed by atoms with E-state index in [4.69, 9.17) is 4.74 Å². The van der Waals surface area contributed by atoms with Gasteiger partial charge in [0.05, 0.1) is 25.1 Å². The lowest BCUT2D eigenvalue weighted by molar-refractivity contribution is 0.0343. The minimum atomic E-state index is 0.461. The van der Waals surface area contributed by atoms with E-state index in [1.807, 2.05) is 7.05 Å². The van der Waals surface area contributed by atoms with Gasteiger partial charge in [-0.05, 0) is 6.92 Å². The number of aryl methyl sites for hydroxylation is 1. The van der Waals surface area contributed by atoms with Crippen molar-refractivity contribution >= 4 is 0 Å². The third-order valence-corrected chi connectivity index (χ3v) is 3.08. The van der Waals surface area contributed by atoms with Crippen molar-refractivity contribution < 1.29 is 4.74 Å². The zero-order valence-electron chi connectivity index (χ0n) is 10.6. The largest absolute Gasteiger partial charge is 0.379 e. The fraction of sp³-hybridized carbons (Fsp3) is 0.818. The molecule has 0 aromatic carbocycles. The molecule has 1 aromatic heterocycles. The second kappa shape index (κ2) is 6.09. The third-order valence-electron chi connectivity index (χ3n) is 3.08. The summed E-state index contributed by atoms with van der Waals surface area (Å²) in [5, 5.41) is 11.3. The first-order chi connectivity index (χ1) is 8.25. The maximum Gasteiger partial charge on any atom is 0.0738 e. The van der Waals surface area contributed by atoms with E-state index < -0.39 is 0 Å². The molecular formula is C11H21N5O. The maximum atomic E-state index is 5.33. The van der Waals surface area contributed by atoms with Gasteiger partial charge >= 0.3 is 0 Å². The number of nitrogens with one attached hydrogen (secondary N) is 1. The van der Waals surface area contributed by atoms with Gasteiger partial charge in [0.25, 0.3) is 0 Å². The van der Waals surface area contributed by atoms with Crippen LogP contribution in [0.3, 0.4) is 0 Å². The molecular weight excluding hydrogens is 218 g/mol. The topological polar surface area (TPSA) is 55.2 Å². The molecule has 6 heteroatoms. The molecule has 0 radical (unpaired) electrons. The molecule has 0 amide bonds. The fourth-order valence-corrected chi connectivity index (χ4v) is 1.99. The Morgan fingerprint density at radius 3 is 2.88 bits per heavy atom. The number of hydrogen-bond acceptors (Lipinski definition) is 5. The van der Waals surface area contributed by atoms with E-state index in [1.54, 1.807) is 10.9 Å². The van der Waals surface area contributed by atoms with E-state index in [0.29, 0.717) is 6.04 Å². The molecule has 0 spiro atoms. The van der Waals surface area contributed by atoms with Crippen LogP contribution in [0.5, 0.6) is 0 Å². The summed E-state index contributed by atoms with van der Waals surface area (Å²) in [4.78, 5) is 2.43. The van der Waals surface area contributed by atoms with E-state index in [1.165, 1.54) is 0 Å². The highest BCUT2D eigenvalue weighted by molar-refractivity contribution is 4.92. The third kappa shape index (κ3) is 3.76. The van der Waals surface area contributed by atoms with Crippen molar-refractivity contribution in [1.29, 1.82) is 0 Å². The van der Waals surface area contributed by atoms with Crippen molar-refractivity contribution in [2.45, 2.75) is 19.5 Å². The zero-order chi connectivity index (χ0) is 12.1. The van der Waals surface area contributed by atoms with Gasteiger partial charge in [-0.15, -0.1) is 5.10 Å².